The minimum absolute atomic E-state index is 0.000959. The van der Waals surface area contributed by atoms with Crippen LogP contribution in [0.4, 0.5) is 31.7 Å². The normalized spacial score (nSPS) is 27.0. The topological polar surface area (TPSA) is 494 Å². The number of thiol groups is 2. The lowest BCUT2D eigenvalue weighted by molar-refractivity contribution is -0.131. The molecule has 4 fully saturated rings. The molecule has 0 radical (unpaired) electrons. The van der Waals surface area contributed by atoms with Gasteiger partial charge in [-0.25, -0.2) is 53.4 Å². The molecular weight excluding hydrogens is 1230 g/mol. The fourth-order valence-corrected chi connectivity index (χ4v) is 13.0. The second kappa shape index (κ2) is 28.0. The van der Waals surface area contributed by atoms with Crippen LogP contribution in [0.15, 0.2) is 54.7 Å². The van der Waals surface area contributed by atoms with Crippen LogP contribution in [0.5, 0.6) is 0 Å². The molecule has 1 aromatic carbocycles. The Morgan fingerprint density at radius 2 is 1.51 bits per heavy atom. The van der Waals surface area contributed by atoms with Crippen molar-refractivity contribution >= 4 is 114 Å². The third kappa shape index (κ3) is 16.1. The summed E-state index contributed by atoms with van der Waals surface area (Å²) >= 11 is 8.56. The predicted molar refractivity (Wildman–Crippen MR) is 307 cm³/mol. The number of ether oxygens (including phenoxy) is 5. The molecule has 1 saturated carbocycles. The van der Waals surface area contributed by atoms with Crippen LogP contribution in [0.1, 0.15) is 70.4 Å². The number of nitrogens with one attached hydrogen (secondary N) is 5. The highest BCUT2D eigenvalue weighted by atomic mass is 32.7. The van der Waals surface area contributed by atoms with E-state index in [1.54, 1.807) is 30.5 Å². The number of alkyl carbamates (subject to hydrolysis) is 1. The minimum atomic E-state index is -4.52. The number of fused-ring (bicyclic) bond motifs is 4. The number of amides is 6. The quantitative estimate of drug-likeness (QED) is 0.0107. The maximum Gasteiger partial charge on any atom is 0.509 e. The van der Waals surface area contributed by atoms with Gasteiger partial charge in [0.1, 0.15) is 85.7 Å². The summed E-state index contributed by atoms with van der Waals surface area (Å²) in [5.74, 6) is -2.32. The van der Waals surface area contributed by atoms with Gasteiger partial charge in [-0.1, -0.05) is 55.6 Å². The van der Waals surface area contributed by atoms with Crippen LogP contribution in [0.25, 0.3) is 32.8 Å². The van der Waals surface area contributed by atoms with Crippen LogP contribution in [-0.4, -0.2) is 156 Å². The summed E-state index contributed by atoms with van der Waals surface area (Å²) < 4.78 is 84.8. The summed E-state index contributed by atoms with van der Waals surface area (Å²) in [5, 5.41) is 16.2. The van der Waals surface area contributed by atoms with Gasteiger partial charge in [-0.2, -0.15) is 0 Å². The zero-order valence-corrected chi connectivity index (χ0v) is 49.8. The zero-order valence-electron chi connectivity index (χ0n) is 46.2. The van der Waals surface area contributed by atoms with Crippen molar-refractivity contribution in [1.82, 2.24) is 60.3 Å². The largest absolute Gasteiger partial charge is 0.509 e. The number of anilines is 3. The Hall–Kier alpha value is -7.63. The Morgan fingerprint density at radius 1 is 0.839 bits per heavy atom. The monoisotopic (exact) mass is 1290 g/mol. The SMILES string of the molecule is CC(C)[C@H](NC(=O)CN=[N+]=[N-])C(=O)N[C@@H](CCCNC(N)=O)C(=O)Nc1ccc(COC(=O)N[C@H]2CCC[C@@H]2OC(=O)O[C@@H]2[C@@H]3O[P@](=O)(S)OCC4O[C@@H](n5cnc6c(N)ncnc65)C[C@@H]4O[P@](=O)(S)OC[C@H]3O[C@H]2n2cnc3c(N)ncnc32)cc1. The number of nitrogens with zero attached hydrogens (tertiary/aromatic N) is 11. The number of imidazole rings is 2. The lowest BCUT2D eigenvalue weighted by atomic mass is 10.0. The Balaban J connectivity index is 0.831. The Bertz CT molecular complexity index is 3510. The maximum absolute atomic E-state index is 14.3. The van der Waals surface area contributed by atoms with Crippen molar-refractivity contribution in [3.05, 3.63) is 65.6 Å². The molecule has 7 heterocycles. The number of carbonyl (C=O) groups is 6. The lowest BCUT2D eigenvalue weighted by Gasteiger charge is -2.29. The summed E-state index contributed by atoms with van der Waals surface area (Å²) in [7, 11) is 0. The highest BCUT2D eigenvalue weighted by molar-refractivity contribution is 8.44. The molecule has 13 atom stereocenters. The van der Waals surface area contributed by atoms with Gasteiger partial charge >= 0.3 is 31.9 Å². The number of aromatic nitrogens is 8. The van der Waals surface area contributed by atoms with Crippen molar-refractivity contribution in [3.63, 3.8) is 0 Å². The number of carbonyl (C=O) groups excluding carboxylic acids is 6. The molecule has 9 rings (SSSR count). The molecule has 36 nitrogen and oxygen atoms in total. The smallest absolute Gasteiger partial charge is 0.445 e. The molecule has 0 bridgehead atoms. The van der Waals surface area contributed by atoms with E-state index >= 15 is 0 Å². The Labute approximate surface area is 503 Å². The van der Waals surface area contributed by atoms with Crippen LogP contribution in [0, 0.1) is 5.92 Å². The lowest BCUT2D eigenvalue weighted by Crippen LogP contribution is -2.55. The number of hydrogen-bond donors (Lipinski definition) is 10. The molecule has 4 aromatic heterocycles. The molecule has 4 aliphatic rings. The number of nitrogen functional groups attached to an aromatic ring is 2. The van der Waals surface area contributed by atoms with Crippen molar-refractivity contribution < 1.29 is 79.7 Å². The molecule has 87 heavy (non-hydrogen) atoms. The van der Waals surface area contributed by atoms with E-state index in [0.29, 0.717) is 35.3 Å². The van der Waals surface area contributed by atoms with E-state index in [2.05, 4.69) is 91.0 Å². The molecule has 3 saturated heterocycles. The summed E-state index contributed by atoms with van der Waals surface area (Å²) in [6.45, 7) is -7.33. The van der Waals surface area contributed by atoms with Crippen LogP contribution in [0.3, 0.4) is 0 Å². The Morgan fingerprint density at radius 3 is 2.18 bits per heavy atom. The van der Waals surface area contributed by atoms with E-state index in [0.717, 1.165) is 6.33 Å². The fourth-order valence-electron chi connectivity index (χ4n) is 9.96. The van der Waals surface area contributed by atoms with Crippen LogP contribution < -0.4 is 43.8 Å². The Kier molecular flexibility index (Phi) is 20.6. The minimum Gasteiger partial charge on any atom is -0.445 e. The second-order valence-electron chi connectivity index (χ2n) is 20.4. The van der Waals surface area contributed by atoms with E-state index in [1.165, 1.54) is 35.7 Å². The molecule has 1 aliphatic carbocycles. The zero-order chi connectivity index (χ0) is 62.2. The van der Waals surface area contributed by atoms with Crippen molar-refractivity contribution in [1.29, 1.82) is 0 Å². The van der Waals surface area contributed by atoms with Crippen LogP contribution in [0.2, 0.25) is 0 Å². The predicted octanol–water partition coefficient (Wildman–Crippen LogP) is 3.60. The summed E-state index contributed by atoms with van der Waals surface area (Å²) in [5.41, 5.74) is 27.6. The molecule has 11 N–H and O–H groups in total. The molecule has 40 heteroatoms. The van der Waals surface area contributed by atoms with Gasteiger partial charge in [0.05, 0.1) is 31.9 Å². The van der Waals surface area contributed by atoms with Gasteiger partial charge in [0.25, 0.3) is 0 Å². The third-order valence-electron chi connectivity index (χ3n) is 14.1. The highest BCUT2D eigenvalue weighted by Crippen LogP contribution is 2.60. The number of azide groups is 1. The summed E-state index contributed by atoms with van der Waals surface area (Å²) in [6, 6.07) is 2.44. The first-order valence-electron chi connectivity index (χ1n) is 26.9. The number of benzene rings is 1. The second-order valence-corrected chi connectivity index (χ2v) is 26.2. The molecule has 3 aliphatic heterocycles. The number of urea groups is 1. The maximum atomic E-state index is 14.3. The molecular formula is C47H61N19O17P2S2. The van der Waals surface area contributed by atoms with E-state index in [9.17, 15) is 37.9 Å². The average molecular weight is 1290 g/mol. The third-order valence-corrected chi connectivity index (χ3v) is 17.4. The summed E-state index contributed by atoms with van der Waals surface area (Å²) in [4.78, 5) is 105. The van der Waals surface area contributed by atoms with Crippen molar-refractivity contribution in [2.24, 2.45) is 16.8 Å². The fraction of sp³-hybridized carbons (Fsp3) is 0.532. The van der Waals surface area contributed by atoms with Gasteiger partial charge < -0.3 is 67.5 Å². The van der Waals surface area contributed by atoms with Gasteiger partial charge in [0, 0.05) is 23.6 Å². The standard InChI is InChI=1S/C47H61N19O17P2S2/c1-22(2)33(63-31(67)14-59-64-51)43(69)61-26(6-4-12-52-45(50)70)42(68)60-24-10-8-23(9-11-24)15-75-46(71)62-25-5-3-7-27(25)80-47(72)81-37-36-30(79-44(37)66-21-58-35-39(49)54-19-56-41(35)66)17-77-84(73,86)82-28-13-32(78-29(28)16-76-85(74,87)83-36)65-20-57-34-38(48)53-18-55-40(34)65/h8-11,18-22,25-30,32-33,36-37,44H,3-7,12-17H2,1-2H3,(H,60,68)(H,61,69)(H,62,71)(H,63,67)(H,73,86)(H,74,87)(H2,48,53,55)(H2,49,54,56)(H3,50,52,70)/t25-,26-,27-,28-,29?,30+,32+,33-,36+,37+,44+,84+,85+/m0/s1. The van der Waals surface area contributed by atoms with Gasteiger partial charge in [-0.05, 0) is 61.2 Å². The number of hydrogen-bond acceptors (Lipinski definition) is 26. The van der Waals surface area contributed by atoms with Gasteiger partial charge in [0.15, 0.2) is 35.3 Å². The van der Waals surface area contributed by atoms with E-state index in [-0.39, 0.29) is 61.6 Å². The number of nitrogens with two attached hydrogens (primary N) is 3. The van der Waals surface area contributed by atoms with Crippen molar-refractivity contribution in [3.8, 4) is 0 Å². The first-order chi connectivity index (χ1) is 41.5. The van der Waals surface area contributed by atoms with Gasteiger partial charge in [0.2, 0.25) is 17.7 Å². The molecule has 0 spiro atoms. The molecule has 6 amide bonds. The first-order valence-corrected chi connectivity index (χ1v) is 32.3. The van der Waals surface area contributed by atoms with Gasteiger partial charge in [-0.3, -0.25) is 41.6 Å². The average Bonchev–Trinajstić information content (AvgIpc) is 1.68. The first kappa shape index (κ1) is 63.9. The van der Waals surface area contributed by atoms with Crippen LogP contribution >= 0.6 is 38.1 Å². The van der Waals surface area contributed by atoms with E-state index < -0.39 is 142 Å². The van der Waals surface area contributed by atoms with Crippen LogP contribution in [-0.2, 0) is 71.9 Å². The number of rotatable bonds is 19. The van der Waals surface area contributed by atoms with Crippen molar-refractivity contribution in [2.75, 3.05) is 43.1 Å². The van der Waals surface area contributed by atoms with E-state index in [1.807, 2.05) is 0 Å². The molecule has 1 unspecified atom stereocenters. The highest BCUT2D eigenvalue weighted by Gasteiger charge is 2.54. The van der Waals surface area contributed by atoms with Gasteiger partial charge in [-0.15, -0.1) is 0 Å². The molecule has 468 valence electrons. The summed E-state index contributed by atoms with van der Waals surface area (Å²) in [6.07, 6.45) is -5.53. The molecule has 5 aromatic rings. The van der Waals surface area contributed by atoms with Crippen molar-refractivity contribution in [2.45, 2.75) is 126 Å². The van der Waals surface area contributed by atoms with E-state index in [4.69, 9.17) is 64.5 Å². The number of primary amides is 1.